The zero-order valence-corrected chi connectivity index (χ0v) is 10.9. The lowest BCUT2D eigenvalue weighted by Gasteiger charge is -2.14. The second-order valence-corrected chi connectivity index (χ2v) is 4.55. The van der Waals surface area contributed by atoms with Crippen LogP contribution in [0.2, 0.25) is 0 Å². The number of aliphatic hydroxyl groups is 1. The van der Waals surface area contributed by atoms with Crippen molar-refractivity contribution >= 4 is 5.91 Å². The summed E-state index contributed by atoms with van der Waals surface area (Å²) in [6.45, 7) is 4.37. The van der Waals surface area contributed by atoms with E-state index in [4.69, 9.17) is 4.74 Å². The Morgan fingerprint density at radius 3 is 2.61 bits per heavy atom. The van der Waals surface area contributed by atoms with Gasteiger partial charge in [-0.1, -0.05) is 32.0 Å². The molecule has 0 fully saturated rings. The van der Waals surface area contributed by atoms with Crippen LogP contribution in [0.3, 0.4) is 0 Å². The lowest BCUT2D eigenvalue weighted by atomic mass is 10.0. The maximum Gasteiger partial charge on any atom is 0.257 e. The van der Waals surface area contributed by atoms with Crippen molar-refractivity contribution in [3.05, 3.63) is 30.3 Å². The van der Waals surface area contributed by atoms with Crippen LogP contribution in [-0.4, -0.2) is 30.3 Å². The zero-order valence-electron chi connectivity index (χ0n) is 10.9. The van der Waals surface area contributed by atoms with Crippen LogP contribution in [-0.2, 0) is 4.79 Å². The van der Waals surface area contributed by atoms with Crippen LogP contribution >= 0.6 is 0 Å². The number of para-hydroxylation sites is 1. The van der Waals surface area contributed by atoms with Gasteiger partial charge in [0.1, 0.15) is 5.75 Å². The Morgan fingerprint density at radius 2 is 2.00 bits per heavy atom. The first-order valence-corrected chi connectivity index (χ1v) is 6.22. The molecule has 4 nitrogen and oxygen atoms in total. The Bertz CT molecular complexity index is 351. The molecule has 0 spiro atoms. The predicted octanol–water partition coefficient (Wildman–Crippen LogP) is 1.59. The number of amides is 1. The molecule has 0 aliphatic rings. The summed E-state index contributed by atoms with van der Waals surface area (Å²) in [6.07, 6.45) is 0.190. The van der Waals surface area contributed by atoms with Gasteiger partial charge in [-0.2, -0.15) is 0 Å². The van der Waals surface area contributed by atoms with Crippen LogP contribution < -0.4 is 10.1 Å². The third kappa shape index (κ3) is 5.68. The predicted molar refractivity (Wildman–Crippen MR) is 70.4 cm³/mol. The molecule has 0 saturated carbocycles. The molecule has 0 bridgehead atoms. The van der Waals surface area contributed by atoms with E-state index in [9.17, 15) is 9.90 Å². The molecule has 18 heavy (non-hydrogen) atoms. The molecule has 0 saturated heterocycles. The first kappa shape index (κ1) is 14.5. The van der Waals surface area contributed by atoms with Crippen LogP contribution in [0.15, 0.2) is 30.3 Å². The van der Waals surface area contributed by atoms with Crippen molar-refractivity contribution < 1.29 is 14.6 Å². The third-order valence-electron chi connectivity index (χ3n) is 2.64. The summed E-state index contributed by atoms with van der Waals surface area (Å²) in [5, 5.41) is 12.3. The number of hydrogen-bond acceptors (Lipinski definition) is 3. The highest BCUT2D eigenvalue weighted by atomic mass is 16.5. The van der Waals surface area contributed by atoms with Gasteiger partial charge in [0.05, 0.1) is 6.10 Å². The lowest BCUT2D eigenvalue weighted by Crippen LogP contribution is -2.32. The van der Waals surface area contributed by atoms with Gasteiger partial charge in [-0.25, -0.2) is 0 Å². The fourth-order valence-electron chi connectivity index (χ4n) is 1.41. The molecule has 0 aliphatic carbocycles. The molecule has 2 N–H and O–H groups in total. The molecule has 1 atom stereocenters. The summed E-state index contributed by atoms with van der Waals surface area (Å²) >= 11 is 0. The second kappa shape index (κ2) is 7.71. The van der Waals surface area contributed by atoms with Gasteiger partial charge >= 0.3 is 0 Å². The van der Waals surface area contributed by atoms with Crippen molar-refractivity contribution in [1.29, 1.82) is 0 Å². The summed E-state index contributed by atoms with van der Waals surface area (Å²) in [5.74, 6) is 0.715. The summed E-state index contributed by atoms with van der Waals surface area (Å²) in [7, 11) is 0. The summed E-state index contributed by atoms with van der Waals surface area (Å²) in [4.78, 5) is 11.4. The first-order valence-electron chi connectivity index (χ1n) is 6.22. The fourth-order valence-corrected chi connectivity index (χ4v) is 1.41. The highest BCUT2D eigenvalue weighted by Crippen LogP contribution is 2.07. The van der Waals surface area contributed by atoms with Gasteiger partial charge in [-0.15, -0.1) is 0 Å². The highest BCUT2D eigenvalue weighted by Gasteiger charge is 2.09. The minimum absolute atomic E-state index is 0.00177. The van der Waals surface area contributed by atoms with E-state index in [0.29, 0.717) is 18.7 Å². The van der Waals surface area contributed by atoms with Crippen molar-refractivity contribution in [2.45, 2.75) is 26.4 Å². The third-order valence-corrected chi connectivity index (χ3v) is 2.64. The van der Waals surface area contributed by atoms with Crippen LogP contribution in [0.5, 0.6) is 5.75 Å². The Hall–Kier alpha value is -1.55. The van der Waals surface area contributed by atoms with Gasteiger partial charge in [0, 0.05) is 6.54 Å². The van der Waals surface area contributed by atoms with E-state index in [1.807, 2.05) is 32.0 Å². The van der Waals surface area contributed by atoms with Crippen molar-refractivity contribution in [2.75, 3.05) is 13.2 Å². The van der Waals surface area contributed by atoms with E-state index in [1.165, 1.54) is 0 Å². The highest BCUT2D eigenvalue weighted by molar-refractivity contribution is 5.77. The van der Waals surface area contributed by atoms with Crippen LogP contribution in [0.25, 0.3) is 0 Å². The molecule has 0 heterocycles. The number of ether oxygens (including phenoxy) is 1. The van der Waals surface area contributed by atoms with Crippen LogP contribution in [0.4, 0.5) is 0 Å². The topological polar surface area (TPSA) is 58.6 Å². The molecule has 1 aromatic rings. The maximum atomic E-state index is 11.4. The van der Waals surface area contributed by atoms with Gasteiger partial charge in [0.15, 0.2) is 6.61 Å². The van der Waals surface area contributed by atoms with E-state index in [2.05, 4.69) is 5.32 Å². The van der Waals surface area contributed by atoms with E-state index in [0.717, 1.165) is 0 Å². The number of carbonyl (C=O) groups is 1. The molecule has 1 rings (SSSR count). The molecule has 0 aromatic heterocycles. The van der Waals surface area contributed by atoms with E-state index < -0.39 is 0 Å². The number of benzene rings is 1. The van der Waals surface area contributed by atoms with Crippen LogP contribution in [0, 0.1) is 5.92 Å². The molecule has 4 heteroatoms. The Morgan fingerprint density at radius 1 is 1.33 bits per heavy atom. The monoisotopic (exact) mass is 251 g/mol. The Balaban J connectivity index is 2.15. The molecular formula is C14H21NO3. The van der Waals surface area contributed by atoms with Gasteiger partial charge in [-0.05, 0) is 24.5 Å². The first-order chi connectivity index (χ1) is 8.59. The minimum atomic E-state index is -0.375. The summed E-state index contributed by atoms with van der Waals surface area (Å²) < 4.78 is 5.30. The molecular weight excluding hydrogens is 230 g/mol. The van der Waals surface area contributed by atoms with Crippen molar-refractivity contribution in [1.82, 2.24) is 5.32 Å². The SMILES string of the molecule is CC(C)[C@@H](O)CCNC(=O)COc1ccccc1. The van der Waals surface area contributed by atoms with Gasteiger partial charge < -0.3 is 15.2 Å². The average molecular weight is 251 g/mol. The Labute approximate surface area is 108 Å². The molecule has 1 amide bonds. The van der Waals surface area contributed by atoms with Crippen molar-refractivity contribution in [3.63, 3.8) is 0 Å². The number of hydrogen-bond donors (Lipinski definition) is 2. The quantitative estimate of drug-likeness (QED) is 0.773. The molecule has 0 unspecified atom stereocenters. The maximum absolute atomic E-state index is 11.4. The van der Waals surface area contributed by atoms with E-state index >= 15 is 0 Å². The standard InChI is InChI=1S/C14H21NO3/c1-11(2)13(16)8-9-15-14(17)10-18-12-6-4-3-5-7-12/h3-7,11,13,16H,8-10H2,1-2H3,(H,15,17)/t13-/m0/s1. The Kier molecular flexibility index (Phi) is 6.22. The van der Waals surface area contributed by atoms with Crippen LogP contribution in [0.1, 0.15) is 20.3 Å². The van der Waals surface area contributed by atoms with Crippen molar-refractivity contribution in [2.24, 2.45) is 5.92 Å². The van der Waals surface area contributed by atoms with Gasteiger partial charge in [-0.3, -0.25) is 4.79 Å². The number of nitrogens with one attached hydrogen (secondary N) is 1. The van der Waals surface area contributed by atoms with Gasteiger partial charge in [0.25, 0.3) is 5.91 Å². The zero-order chi connectivity index (χ0) is 13.4. The van der Waals surface area contributed by atoms with Crippen molar-refractivity contribution in [3.8, 4) is 5.75 Å². The second-order valence-electron chi connectivity index (χ2n) is 4.55. The minimum Gasteiger partial charge on any atom is -0.484 e. The number of rotatable bonds is 7. The lowest BCUT2D eigenvalue weighted by molar-refractivity contribution is -0.123. The summed E-state index contributed by atoms with van der Waals surface area (Å²) in [5.41, 5.74) is 0. The average Bonchev–Trinajstić information content (AvgIpc) is 2.37. The smallest absolute Gasteiger partial charge is 0.257 e. The van der Waals surface area contributed by atoms with E-state index in [1.54, 1.807) is 12.1 Å². The molecule has 1 aromatic carbocycles. The number of carbonyl (C=O) groups excluding carboxylic acids is 1. The van der Waals surface area contributed by atoms with E-state index in [-0.39, 0.29) is 24.5 Å². The normalized spacial score (nSPS) is 12.2. The summed E-state index contributed by atoms with van der Waals surface area (Å²) in [6, 6.07) is 9.20. The largest absolute Gasteiger partial charge is 0.484 e. The molecule has 100 valence electrons. The fraction of sp³-hybridized carbons (Fsp3) is 0.500. The molecule has 0 aliphatic heterocycles. The number of aliphatic hydroxyl groups excluding tert-OH is 1. The molecule has 0 radical (unpaired) electrons. The van der Waals surface area contributed by atoms with Gasteiger partial charge in [0.2, 0.25) is 0 Å².